The second kappa shape index (κ2) is 5.91. The molecule has 0 saturated carbocycles. The molecule has 1 aromatic heterocycles. The highest BCUT2D eigenvalue weighted by Gasteiger charge is 2.12. The lowest BCUT2D eigenvalue weighted by atomic mass is 10.1. The van der Waals surface area contributed by atoms with E-state index in [1.54, 1.807) is 0 Å². The molecule has 0 aliphatic carbocycles. The predicted octanol–water partition coefficient (Wildman–Crippen LogP) is 1.38. The molecule has 1 aromatic rings. The van der Waals surface area contributed by atoms with E-state index in [2.05, 4.69) is 10.3 Å². The standard InChI is InChI=1S/C10H17F2N3O/c1-7(2)8(16)5-13-6-9-14-3-4-15(9)10(11)12/h3-4,7-8,10,13,16H,5-6H2,1-2H3. The minimum atomic E-state index is -2.57. The second-order valence-corrected chi connectivity index (χ2v) is 3.97. The van der Waals surface area contributed by atoms with Gasteiger partial charge in [-0.1, -0.05) is 13.8 Å². The van der Waals surface area contributed by atoms with Gasteiger partial charge in [0.2, 0.25) is 0 Å². The van der Waals surface area contributed by atoms with Crippen LogP contribution in [0, 0.1) is 5.92 Å². The summed E-state index contributed by atoms with van der Waals surface area (Å²) in [6.07, 6.45) is 2.10. The molecule has 0 radical (unpaired) electrons. The second-order valence-electron chi connectivity index (χ2n) is 3.97. The molecule has 0 saturated heterocycles. The third kappa shape index (κ3) is 3.53. The van der Waals surface area contributed by atoms with Crippen LogP contribution in [0.3, 0.4) is 0 Å². The van der Waals surface area contributed by atoms with Crippen molar-refractivity contribution in [2.24, 2.45) is 5.92 Å². The summed E-state index contributed by atoms with van der Waals surface area (Å²) in [5.41, 5.74) is 0. The molecule has 0 aromatic carbocycles. The largest absolute Gasteiger partial charge is 0.392 e. The Morgan fingerprint density at radius 1 is 1.50 bits per heavy atom. The van der Waals surface area contributed by atoms with Crippen LogP contribution in [0.4, 0.5) is 8.78 Å². The summed E-state index contributed by atoms with van der Waals surface area (Å²) in [5.74, 6) is 0.410. The minimum Gasteiger partial charge on any atom is -0.392 e. The number of aliphatic hydroxyl groups is 1. The summed E-state index contributed by atoms with van der Waals surface area (Å²) in [4.78, 5) is 3.82. The Kier molecular flexibility index (Phi) is 4.82. The highest BCUT2D eigenvalue weighted by atomic mass is 19.3. The Balaban J connectivity index is 2.40. The average molecular weight is 233 g/mol. The van der Waals surface area contributed by atoms with E-state index in [4.69, 9.17) is 0 Å². The number of nitrogens with one attached hydrogen (secondary N) is 1. The molecule has 0 fully saturated rings. The molecule has 0 amide bonds. The third-order valence-electron chi connectivity index (χ3n) is 2.37. The first-order chi connectivity index (χ1) is 7.52. The van der Waals surface area contributed by atoms with E-state index in [1.165, 1.54) is 12.4 Å². The first-order valence-corrected chi connectivity index (χ1v) is 5.21. The van der Waals surface area contributed by atoms with Crippen LogP contribution in [0.2, 0.25) is 0 Å². The van der Waals surface area contributed by atoms with Gasteiger partial charge in [-0.2, -0.15) is 8.78 Å². The van der Waals surface area contributed by atoms with Crippen LogP contribution in [0.25, 0.3) is 0 Å². The van der Waals surface area contributed by atoms with E-state index >= 15 is 0 Å². The molecule has 6 heteroatoms. The van der Waals surface area contributed by atoms with Crippen molar-refractivity contribution >= 4 is 0 Å². The van der Waals surface area contributed by atoms with Gasteiger partial charge in [-0.05, 0) is 5.92 Å². The van der Waals surface area contributed by atoms with E-state index < -0.39 is 12.7 Å². The number of aliphatic hydroxyl groups excluding tert-OH is 1. The molecule has 1 heterocycles. The Bertz CT molecular complexity index is 315. The third-order valence-corrected chi connectivity index (χ3v) is 2.37. The van der Waals surface area contributed by atoms with Crippen molar-refractivity contribution < 1.29 is 13.9 Å². The fourth-order valence-corrected chi connectivity index (χ4v) is 1.23. The molecule has 0 spiro atoms. The zero-order chi connectivity index (χ0) is 12.1. The highest BCUT2D eigenvalue weighted by molar-refractivity contribution is 4.92. The molecule has 0 aliphatic rings. The number of rotatable bonds is 6. The van der Waals surface area contributed by atoms with Gasteiger partial charge in [0.15, 0.2) is 0 Å². The van der Waals surface area contributed by atoms with Crippen molar-refractivity contribution in [3.05, 3.63) is 18.2 Å². The fraction of sp³-hybridized carbons (Fsp3) is 0.700. The first-order valence-electron chi connectivity index (χ1n) is 5.21. The molecule has 0 bridgehead atoms. The minimum absolute atomic E-state index is 0.141. The number of alkyl halides is 2. The van der Waals surface area contributed by atoms with E-state index in [0.717, 1.165) is 4.57 Å². The maximum Gasteiger partial charge on any atom is 0.319 e. The van der Waals surface area contributed by atoms with Gasteiger partial charge in [-0.25, -0.2) is 4.98 Å². The topological polar surface area (TPSA) is 50.1 Å². The zero-order valence-electron chi connectivity index (χ0n) is 9.40. The number of aromatic nitrogens is 2. The number of hydrogen-bond donors (Lipinski definition) is 2. The van der Waals surface area contributed by atoms with E-state index in [0.29, 0.717) is 6.54 Å². The Morgan fingerprint density at radius 2 is 2.19 bits per heavy atom. The van der Waals surface area contributed by atoms with Crippen LogP contribution in [-0.4, -0.2) is 27.3 Å². The number of imidazole rings is 1. The smallest absolute Gasteiger partial charge is 0.319 e. The van der Waals surface area contributed by atoms with Gasteiger partial charge in [-0.15, -0.1) is 0 Å². The SMILES string of the molecule is CC(C)C(O)CNCc1nccn1C(F)F. The van der Waals surface area contributed by atoms with Gasteiger partial charge in [0.1, 0.15) is 5.82 Å². The van der Waals surface area contributed by atoms with Crippen LogP contribution in [0.5, 0.6) is 0 Å². The number of nitrogens with zero attached hydrogens (tertiary/aromatic N) is 2. The van der Waals surface area contributed by atoms with Gasteiger partial charge in [0.25, 0.3) is 0 Å². The zero-order valence-corrected chi connectivity index (χ0v) is 9.40. The highest BCUT2D eigenvalue weighted by Crippen LogP contribution is 2.11. The summed E-state index contributed by atoms with van der Waals surface area (Å²) < 4.78 is 25.6. The number of hydrogen-bond acceptors (Lipinski definition) is 3. The molecule has 4 nitrogen and oxygen atoms in total. The number of halogens is 2. The normalized spacial score (nSPS) is 13.7. The molecule has 92 valence electrons. The van der Waals surface area contributed by atoms with Gasteiger partial charge in [0, 0.05) is 18.9 Å². The van der Waals surface area contributed by atoms with E-state index in [9.17, 15) is 13.9 Å². The summed E-state index contributed by atoms with van der Waals surface area (Å²) in [7, 11) is 0. The Labute approximate surface area is 93.3 Å². The van der Waals surface area contributed by atoms with Crippen molar-refractivity contribution in [3.8, 4) is 0 Å². The van der Waals surface area contributed by atoms with Crippen LogP contribution >= 0.6 is 0 Å². The lowest BCUT2D eigenvalue weighted by Crippen LogP contribution is -2.31. The van der Waals surface area contributed by atoms with E-state index in [1.807, 2.05) is 13.8 Å². The van der Waals surface area contributed by atoms with Crippen molar-refractivity contribution in [2.45, 2.75) is 33.0 Å². The molecule has 1 atom stereocenters. The quantitative estimate of drug-likeness (QED) is 0.780. The maximum atomic E-state index is 12.4. The summed E-state index contributed by atoms with van der Waals surface area (Å²) >= 11 is 0. The summed E-state index contributed by atoms with van der Waals surface area (Å²) in [6, 6.07) is 0. The van der Waals surface area contributed by atoms with Gasteiger partial charge < -0.3 is 10.4 Å². The van der Waals surface area contributed by atoms with Crippen molar-refractivity contribution in [2.75, 3.05) is 6.54 Å². The molecule has 2 N–H and O–H groups in total. The van der Waals surface area contributed by atoms with Crippen molar-refractivity contribution in [3.63, 3.8) is 0 Å². The summed E-state index contributed by atoms with van der Waals surface area (Å²) in [5, 5.41) is 12.4. The lowest BCUT2D eigenvalue weighted by Gasteiger charge is -2.15. The monoisotopic (exact) mass is 233 g/mol. The molecular weight excluding hydrogens is 216 g/mol. The van der Waals surface area contributed by atoms with Crippen molar-refractivity contribution in [1.29, 1.82) is 0 Å². The molecular formula is C10H17F2N3O. The first kappa shape index (κ1) is 13.1. The molecule has 0 aliphatic heterocycles. The molecule has 16 heavy (non-hydrogen) atoms. The predicted molar refractivity (Wildman–Crippen MR) is 56.0 cm³/mol. The summed E-state index contributed by atoms with van der Waals surface area (Å²) in [6.45, 7) is 1.81. The Morgan fingerprint density at radius 3 is 2.75 bits per heavy atom. The van der Waals surface area contributed by atoms with Crippen LogP contribution < -0.4 is 5.32 Å². The molecule has 1 rings (SSSR count). The van der Waals surface area contributed by atoms with Gasteiger partial charge in [-0.3, -0.25) is 4.57 Å². The van der Waals surface area contributed by atoms with Crippen LogP contribution in [-0.2, 0) is 6.54 Å². The Hall–Kier alpha value is -1.01. The maximum absolute atomic E-state index is 12.4. The van der Waals surface area contributed by atoms with Crippen molar-refractivity contribution in [1.82, 2.24) is 14.9 Å². The van der Waals surface area contributed by atoms with E-state index in [-0.39, 0.29) is 18.3 Å². The van der Waals surface area contributed by atoms with Crippen LogP contribution in [0.1, 0.15) is 26.2 Å². The van der Waals surface area contributed by atoms with Gasteiger partial charge >= 0.3 is 6.55 Å². The van der Waals surface area contributed by atoms with Crippen LogP contribution in [0.15, 0.2) is 12.4 Å². The molecule has 1 unspecified atom stereocenters. The fourth-order valence-electron chi connectivity index (χ4n) is 1.23. The van der Waals surface area contributed by atoms with Gasteiger partial charge in [0.05, 0.1) is 12.6 Å². The average Bonchev–Trinajstić information content (AvgIpc) is 2.65. The lowest BCUT2D eigenvalue weighted by molar-refractivity contribution is 0.0661.